The van der Waals surface area contributed by atoms with E-state index in [9.17, 15) is 9.59 Å². The van der Waals surface area contributed by atoms with Crippen LogP contribution in [0, 0.1) is 0 Å². The van der Waals surface area contributed by atoms with Crippen LogP contribution >= 0.6 is 23.2 Å². The second kappa shape index (κ2) is 18.8. The fraction of sp³-hybridized carbons (Fsp3) is 0.375. The molecular formula is C48H54Cl2N4O4. The van der Waals surface area contributed by atoms with Crippen molar-refractivity contribution in [2.24, 2.45) is 0 Å². The molecule has 1 aliphatic rings. The molecule has 8 nitrogen and oxygen atoms in total. The lowest BCUT2D eigenvalue weighted by atomic mass is 10.0. The first-order chi connectivity index (χ1) is 28.3. The molecular weight excluding hydrogens is 767 g/mol. The Hall–Kier alpha value is -4.92. The molecule has 0 aliphatic heterocycles. The van der Waals surface area contributed by atoms with Gasteiger partial charge in [0.2, 0.25) is 11.6 Å². The standard InChI is InChI=1S/C48H54Cl2N4O4/c1-5-7-9-11-13-19-25-53-37-23-17-15-21-31(37)33-27-35(41(57-3)29-39(33)53)51-45-43(49)48(56)46(44(50)47(45)55)52-36-28-34-32-22-16-18-24-38(32)54(40(34)30-42(36)58-4)26-20-14-12-10-8-6-2/h15-18,21-24,27-30,51-52H,5-14,19-20,25-26H2,1-4H3. The first-order valence-corrected chi connectivity index (χ1v) is 21.7. The fourth-order valence-corrected chi connectivity index (χ4v) is 8.86. The number of benzene rings is 4. The minimum Gasteiger partial charge on any atom is -0.494 e. The Morgan fingerprint density at radius 3 is 1.28 bits per heavy atom. The zero-order valence-electron chi connectivity index (χ0n) is 34.1. The maximum absolute atomic E-state index is 14.0. The van der Waals surface area contributed by atoms with Gasteiger partial charge in [0.15, 0.2) is 0 Å². The van der Waals surface area contributed by atoms with Crippen LogP contribution < -0.4 is 20.1 Å². The van der Waals surface area contributed by atoms with Crippen molar-refractivity contribution in [2.75, 3.05) is 24.9 Å². The number of unbranched alkanes of at least 4 members (excludes halogenated alkanes) is 10. The van der Waals surface area contributed by atoms with Gasteiger partial charge in [-0.15, -0.1) is 0 Å². The molecule has 0 fully saturated rings. The summed E-state index contributed by atoms with van der Waals surface area (Å²) in [5, 5.41) is 9.91. The Balaban J connectivity index is 1.17. The quantitative estimate of drug-likeness (QED) is 0.0589. The molecule has 0 atom stereocenters. The third-order valence-electron chi connectivity index (χ3n) is 11.5. The highest BCUT2D eigenvalue weighted by atomic mass is 35.5. The average Bonchev–Trinajstić information content (AvgIpc) is 3.72. The van der Waals surface area contributed by atoms with Gasteiger partial charge < -0.3 is 29.2 Å². The van der Waals surface area contributed by atoms with Gasteiger partial charge in [-0.05, 0) is 37.1 Å². The maximum Gasteiger partial charge on any atom is 0.224 e. The minimum atomic E-state index is -0.614. The predicted octanol–water partition coefficient (Wildman–Crippen LogP) is 13.2. The van der Waals surface area contributed by atoms with E-state index >= 15 is 0 Å². The van der Waals surface area contributed by atoms with Gasteiger partial charge in [0, 0.05) is 57.8 Å². The number of ketones is 2. The lowest BCUT2D eigenvalue weighted by molar-refractivity contribution is -0.115. The van der Waals surface area contributed by atoms with Gasteiger partial charge >= 0.3 is 0 Å². The van der Waals surface area contributed by atoms with E-state index < -0.39 is 11.6 Å². The van der Waals surface area contributed by atoms with Crippen molar-refractivity contribution < 1.29 is 19.1 Å². The lowest BCUT2D eigenvalue weighted by Gasteiger charge is -2.22. The average molecular weight is 822 g/mol. The molecule has 10 heteroatoms. The Morgan fingerprint density at radius 1 is 0.500 bits per heavy atom. The second-order valence-corrected chi connectivity index (χ2v) is 16.1. The number of para-hydroxylation sites is 2. The number of aromatic nitrogens is 2. The highest BCUT2D eigenvalue weighted by Crippen LogP contribution is 2.41. The fourth-order valence-electron chi connectivity index (χ4n) is 8.40. The number of halogens is 2. The third kappa shape index (κ3) is 8.19. The molecule has 2 N–H and O–H groups in total. The topological polar surface area (TPSA) is 86.5 Å². The smallest absolute Gasteiger partial charge is 0.224 e. The van der Waals surface area contributed by atoms with Crippen LogP contribution in [0.15, 0.2) is 94.3 Å². The highest BCUT2D eigenvalue weighted by Gasteiger charge is 2.35. The Morgan fingerprint density at radius 2 is 0.879 bits per heavy atom. The summed E-state index contributed by atoms with van der Waals surface area (Å²) in [7, 11) is 3.17. The summed E-state index contributed by atoms with van der Waals surface area (Å²) in [6, 6.07) is 24.5. The molecule has 0 amide bonds. The molecule has 304 valence electrons. The summed E-state index contributed by atoms with van der Waals surface area (Å²) < 4.78 is 16.4. The van der Waals surface area contributed by atoms with E-state index in [2.05, 4.69) is 70.0 Å². The van der Waals surface area contributed by atoms with Gasteiger partial charge in [0.1, 0.15) is 33.0 Å². The Bertz CT molecular complexity index is 2370. The van der Waals surface area contributed by atoms with Crippen LogP contribution in [0.3, 0.4) is 0 Å². The largest absolute Gasteiger partial charge is 0.494 e. The molecule has 0 saturated carbocycles. The maximum atomic E-state index is 14.0. The molecule has 58 heavy (non-hydrogen) atoms. The number of Topliss-reactive ketones (excluding diaryl/α,β-unsaturated/α-hetero) is 2. The number of fused-ring (bicyclic) bond motifs is 6. The van der Waals surface area contributed by atoms with E-state index in [-0.39, 0.29) is 21.5 Å². The first-order valence-electron chi connectivity index (χ1n) is 20.9. The van der Waals surface area contributed by atoms with Crippen LogP contribution in [0.25, 0.3) is 43.6 Å². The summed E-state index contributed by atoms with van der Waals surface area (Å²) in [6.07, 6.45) is 14.5. The molecule has 6 aromatic rings. The lowest BCUT2D eigenvalue weighted by Crippen LogP contribution is -2.27. The summed E-state index contributed by atoms with van der Waals surface area (Å²) in [6.45, 7) is 6.23. The molecule has 2 aromatic heterocycles. The molecule has 7 rings (SSSR count). The zero-order chi connectivity index (χ0) is 40.8. The number of anilines is 2. The number of hydrogen-bond acceptors (Lipinski definition) is 6. The van der Waals surface area contributed by atoms with Crippen molar-refractivity contribution >= 4 is 89.8 Å². The van der Waals surface area contributed by atoms with Crippen LogP contribution in [-0.4, -0.2) is 34.9 Å². The highest BCUT2D eigenvalue weighted by molar-refractivity contribution is 6.56. The van der Waals surface area contributed by atoms with Gasteiger partial charge in [0.05, 0.1) is 36.6 Å². The first kappa shape index (κ1) is 41.2. The van der Waals surface area contributed by atoms with E-state index in [1.165, 1.54) is 64.2 Å². The summed E-state index contributed by atoms with van der Waals surface area (Å²) in [5.74, 6) is -0.210. The van der Waals surface area contributed by atoms with Crippen LogP contribution in [0.1, 0.15) is 90.9 Å². The number of carbonyl (C=O) groups excluding carboxylic acids is 2. The molecule has 4 aromatic carbocycles. The number of aryl methyl sites for hydroxylation is 2. The number of allylic oxidation sites excluding steroid dienone is 2. The number of rotatable bonds is 20. The van der Waals surface area contributed by atoms with Crippen molar-refractivity contribution in [1.29, 1.82) is 0 Å². The van der Waals surface area contributed by atoms with E-state index in [1.54, 1.807) is 14.2 Å². The number of nitrogens with zero attached hydrogens (tertiary/aromatic N) is 2. The summed E-state index contributed by atoms with van der Waals surface area (Å²) >= 11 is 13.6. The molecule has 0 saturated heterocycles. The third-order valence-corrected chi connectivity index (χ3v) is 12.2. The summed E-state index contributed by atoms with van der Waals surface area (Å²) in [5.41, 5.74) is 5.09. The number of ether oxygens (including phenoxy) is 2. The monoisotopic (exact) mass is 820 g/mol. The van der Waals surface area contributed by atoms with Crippen LogP contribution in [0.5, 0.6) is 11.5 Å². The van der Waals surface area contributed by atoms with Gasteiger partial charge in [-0.2, -0.15) is 0 Å². The number of carbonyl (C=O) groups is 2. The van der Waals surface area contributed by atoms with Crippen molar-refractivity contribution in [3.05, 3.63) is 94.3 Å². The molecule has 2 heterocycles. The van der Waals surface area contributed by atoms with E-state index in [0.717, 1.165) is 69.5 Å². The molecule has 1 aliphatic carbocycles. The Kier molecular flexibility index (Phi) is 13.4. The van der Waals surface area contributed by atoms with Crippen molar-refractivity contribution in [1.82, 2.24) is 9.13 Å². The molecule has 0 unspecified atom stereocenters. The second-order valence-electron chi connectivity index (χ2n) is 15.3. The number of hydrogen-bond donors (Lipinski definition) is 2. The normalized spacial score (nSPS) is 13.6. The zero-order valence-corrected chi connectivity index (χ0v) is 35.6. The van der Waals surface area contributed by atoms with Gasteiger partial charge in [-0.25, -0.2) is 0 Å². The molecule has 0 bridgehead atoms. The van der Waals surface area contributed by atoms with E-state index in [4.69, 9.17) is 32.7 Å². The van der Waals surface area contributed by atoms with Gasteiger partial charge in [-0.3, -0.25) is 9.59 Å². The van der Waals surface area contributed by atoms with E-state index in [0.29, 0.717) is 22.9 Å². The van der Waals surface area contributed by atoms with Crippen molar-refractivity contribution in [3.63, 3.8) is 0 Å². The predicted molar refractivity (Wildman–Crippen MR) is 242 cm³/mol. The van der Waals surface area contributed by atoms with Crippen molar-refractivity contribution in [3.8, 4) is 11.5 Å². The summed E-state index contributed by atoms with van der Waals surface area (Å²) in [4.78, 5) is 28.1. The van der Waals surface area contributed by atoms with Crippen LogP contribution in [-0.2, 0) is 22.7 Å². The number of methoxy groups -OCH3 is 2. The Labute approximate surface area is 351 Å². The van der Waals surface area contributed by atoms with Gasteiger partial charge in [0.25, 0.3) is 0 Å². The van der Waals surface area contributed by atoms with Crippen LogP contribution in [0.2, 0.25) is 0 Å². The van der Waals surface area contributed by atoms with Crippen molar-refractivity contribution in [2.45, 2.75) is 104 Å². The van der Waals surface area contributed by atoms with Crippen LogP contribution in [0.4, 0.5) is 11.4 Å². The van der Waals surface area contributed by atoms with Gasteiger partial charge in [-0.1, -0.05) is 138 Å². The molecule has 0 radical (unpaired) electrons. The number of nitrogens with one attached hydrogen (secondary N) is 2. The minimum absolute atomic E-state index is 0.115. The van der Waals surface area contributed by atoms with E-state index in [1.807, 2.05) is 36.4 Å². The SMILES string of the molecule is CCCCCCCCn1c2ccccc2c2cc(NC3=C(Cl)C(=O)C(Nc4cc5c6ccccc6n(CCCCCCCC)c5cc4OC)=C(Cl)C3=O)c(OC)cc21. The molecule has 0 spiro atoms.